The molecule has 1 aromatic carbocycles. The molecule has 21 heavy (non-hydrogen) atoms. The summed E-state index contributed by atoms with van der Waals surface area (Å²) < 4.78 is 1.36. The van der Waals surface area contributed by atoms with E-state index in [-0.39, 0.29) is 5.69 Å². The van der Waals surface area contributed by atoms with Crippen molar-refractivity contribution in [3.63, 3.8) is 0 Å². The lowest BCUT2D eigenvalue weighted by Crippen LogP contribution is -2.07. The first-order valence-electron chi connectivity index (χ1n) is 6.15. The second-order valence-electron chi connectivity index (χ2n) is 4.35. The number of rotatable bonds is 3. The predicted octanol–water partition coefficient (Wildman–Crippen LogP) is 3.29. The van der Waals surface area contributed by atoms with Crippen LogP contribution in [-0.4, -0.2) is 25.8 Å². The lowest BCUT2D eigenvalue weighted by atomic mass is 10.2. The van der Waals surface area contributed by atoms with E-state index in [2.05, 4.69) is 10.1 Å². The van der Waals surface area contributed by atoms with Gasteiger partial charge in [-0.05, 0) is 36.4 Å². The summed E-state index contributed by atoms with van der Waals surface area (Å²) in [5.74, 6) is -1.06. The molecule has 0 bridgehead atoms. The van der Waals surface area contributed by atoms with Crippen LogP contribution in [0.25, 0.3) is 16.9 Å². The lowest BCUT2D eigenvalue weighted by molar-refractivity contribution is 0.0687. The smallest absolute Gasteiger partial charge is 0.354 e. The maximum Gasteiger partial charge on any atom is 0.354 e. The van der Waals surface area contributed by atoms with Crippen molar-refractivity contribution in [2.45, 2.75) is 0 Å². The van der Waals surface area contributed by atoms with Gasteiger partial charge in [-0.1, -0.05) is 17.7 Å². The van der Waals surface area contributed by atoms with Crippen LogP contribution in [-0.2, 0) is 0 Å². The van der Waals surface area contributed by atoms with Crippen LogP contribution in [0.15, 0.2) is 54.9 Å². The number of carbonyl (C=O) groups is 1. The van der Waals surface area contributed by atoms with Crippen molar-refractivity contribution < 1.29 is 9.90 Å². The molecular weight excluding hydrogens is 290 g/mol. The molecule has 2 heterocycles. The van der Waals surface area contributed by atoms with Crippen LogP contribution in [0.2, 0.25) is 5.02 Å². The summed E-state index contributed by atoms with van der Waals surface area (Å²) in [6.07, 6.45) is 3.28. The van der Waals surface area contributed by atoms with E-state index >= 15 is 0 Å². The van der Waals surface area contributed by atoms with Crippen LogP contribution in [0.4, 0.5) is 0 Å². The van der Waals surface area contributed by atoms with E-state index in [0.717, 1.165) is 5.56 Å². The molecule has 0 fully saturated rings. The highest BCUT2D eigenvalue weighted by molar-refractivity contribution is 6.30. The molecule has 5 nitrogen and oxygen atoms in total. The number of aromatic nitrogens is 3. The Morgan fingerprint density at radius 2 is 2.05 bits per heavy atom. The number of pyridine rings is 1. The number of benzene rings is 1. The Balaban J connectivity index is 2.16. The van der Waals surface area contributed by atoms with Crippen molar-refractivity contribution in [2.75, 3.05) is 0 Å². The third-order valence-corrected chi connectivity index (χ3v) is 3.17. The number of hydrogen-bond acceptors (Lipinski definition) is 3. The number of hydrogen-bond donors (Lipinski definition) is 1. The van der Waals surface area contributed by atoms with Gasteiger partial charge in [-0.3, -0.25) is 4.98 Å². The van der Waals surface area contributed by atoms with E-state index < -0.39 is 5.97 Å². The molecule has 3 rings (SSSR count). The molecule has 6 heteroatoms. The molecule has 0 radical (unpaired) electrons. The van der Waals surface area contributed by atoms with Crippen molar-refractivity contribution in [2.24, 2.45) is 0 Å². The van der Waals surface area contributed by atoms with Gasteiger partial charge in [0.2, 0.25) is 0 Å². The quantitative estimate of drug-likeness (QED) is 0.806. The molecule has 0 amide bonds. The van der Waals surface area contributed by atoms with Gasteiger partial charge in [0.15, 0.2) is 5.69 Å². The monoisotopic (exact) mass is 299 g/mol. The Labute approximate surface area is 125 Å². The first kappa shape index (κ1) is 13.3. The normalized spacial score (nSPS) is 10.5. The summed E-state index contributed by atoms with van der Waals surface area (Å²) in [6, 6.07) is 12.0. The number of carboxylic acids is 1. The highest BCUT2D eigenvalue weighted by atomic mass is 35.5. The fourth-order valence-electron chi connectivity index (χ4n) is 1.99. The minimum Gasteiger partial charge on any atom is -0.477 e. The van der Waals surface area contributed by atoms with Crippen LogP contribution in [0.3, 0.4) is 0 Å². The Hall–Kier alpha value is -2.66. The predicted molar refractivity (Wildman–Crippen MR) is 78.8 cm³/mol. The maximum atomic E-state index is 11.4. The summed E-state index contributed by atoms with van der Waals surface area (Å²) >= 11 is 5.95. The molecule has 0 spiro atoms. The van der Waals surface area contributed by atoms with Crippen molar-refractivity contribution in [1.82, 2.24) is 14.8 Å². The van der Waals surface area contributed by atoms with E-state index in [1.54, 1.807) is 42.7 Å². The highest BCUT2D eigenvalue weighted by Crippen LogP contribution is 2.22. The molecule has 0 atom stereocenters. The van der Waals surface area contributed by atoms with E-state index in [0.29, 0.717) is 16.4 Å². The first-order valence-corrected chi connectivity index (χ1v) is 6.52. The van der Waals surface area contributed by atoms with Crippen LogP contribution >= 0.6 is 11.6 Å². The first-order chi connectivity index (χ1) is 10.1. The maximum absolute atomic E-state index is 11.4. The number of carboxylic acid groups (broad SMARTS) is 1. The number of halogens is 1. The summed E-state index contributed by atoms with van der Waals surface area (Å²) in [5.41, 5.74) is 1.95. The second-order valence-corrected chi connectivity index (χ2v) is 4.79. The van der Waals surface area contributed by atoms with Gasteiger partial charge in [0, 0.05) is 23.0 Å². The van der Waals surface area contributed by atoms with Crippen molar-refractivity contribution >= 4 is 17.6 Å². The fraction of sp³-hybridized carbons (Fsp3) is 0. The zero-order chi connectivity index (χ0) is 14.8. The molecule has 1 N–H and O–H groups in total. The summed E-state index contributed by atoms with van der Waals surface area (Å²) in [4.78, 5) is 15.4. The van der Waals surface area contributed by atoms with E-state index in [9.17, 15) is 9.90 Å². The molecule has 0 aliphatic rings. The van der Waals surface area contributed by atoms with Gasteiger partial charge >= 0.3 is 5.97 Å². The zero-order valence-electron chi connectivity index (χ0n) is 10.8. The van der Waals surface area contributed by atoms with Gasteiger partial charge in [0.25, 0.3) is 0 Å². The molecule has 104 valence electrons. The summed E-state index contributed by atoms with van der Waals surface area (Å²) in [5, 5.41) is 14.2. The van der Waals surface area contributed by atoms with Gasteiger partial charge < -0.3 is 5.11 Å². The summed E-state index contributed by atoms with van der Waals surface area (Å²) in [6.45, 7) is 0. The Morgan fingerprint density at radius 1 is 1.19 bits per heavy atom. The molecule has 0 aliphatic heterocycles. The Kier molecular flexibility index (Phi) is 3.41. The third-order valence-electron chi connectivity index (χ3n) is 2.94. The Morgan fingerprint density at radius 3 is 2.71 bits per heavy atom. The molecule has 0 unspecified atom stereocenters. The number of nitrogens with zero attached hydrogens (tertiary/aromatic N) is 3. The average Bonchev–Trinajstić information content (AvgIpc) is 2.93. The number of aromatic carboxylic acids is 1. The standard InChI is InChI=1S/C15H10ClN3O2/c16-11-4-1-5-12(7-11)19-14(15(20)21)8-13(18-19)10-3-2-6-17-9-10/h1-9H,(H,20,21). The van der Waals surface area contributed by atoms with E-state index in [1.807, 2.05) is 6.07 Å². The topological polar surface area (TPSA) is 68.0 Å². The van der Waals surface area contributed by atoms with Crippen LogP contribution < -0.4 is 0 Å². The molecule has 0 saturated carbocycles. The minimum atomic E-state index is -1.06. The van der Waals surface area contributed by atoms with Gasteiger partial charge in [-0.25, -0.2) is 9.48 Å². The SMILES string of the molecule is O=C(O)c1cc(-c2cccnc2)nn1-c1cccc(Cl)c1. The molecule has 0 aliphatic carbocycles. The van der Waals surface area contributed by atoms with E-state index in [1.165, 1.54) is 10.7 Å². The minimum absolute atomic E-state index is 0.0659. The van der Waals surface area contributed by atoms with Gasteiger partial charge in [0.05, 0.1) is 11.4 Å². The largest absolute Gasteiger partial charge is 0.477 e. The van der Waals surface area contributed by atoms with Crippen molar-refractivity contribution in [3.05, 3.63) is 65.6 Å². The lowest BCUT2D eigenvalue weighted by Gasteiger charge is -2.04. The van der Waals surface area contributed by atoms with E-state index in [4.69, 9.17) is 11.6 Å². The molecule has 0 saturated heterocycles. The van der Waals surface area contributed by atoms with Crippen molar-refractivity contribution in [1.29, 1.82) is 0 Å². The van der Waals surface area contributed by atoms with Crippen LogP contribution in [0, 0.1) is 0 Å². The molecule has 3 aromatic rings. The average molecular weight is 300 g/mol. The third kappa shape index (κ3) is 2.64. The second kappa shape index (κ2) is 5.38. The summed E-state index contributed by atoms with van der Waals surface area (Å²) in [7, 11) is 0. The molecule has 2 aromatic heterocycles. The molecular formula is C15H10ClN3O2. The highest BCUT2D eigenvalue weighted by Gasteiger charge is 2.16. The van der Waals surface area contributed by atoms with Crippen molar-refractivity contribution in [3.8, 4) is 16.9 Å². The van der Waals surface area contributed by atoms with Gasteiger partial charge in [-0.2, -0.15) is 5.10 Å². The zero-order valence-corrected chi connectivity index (χ0v) is 11.5. The van der Waals surface area contributed by atoms with Crippen LogP contribution in [0.5, 0.6) is 0 Å². The Bertz CT molecular complexity index is 800. The van der Waals surface area contributed by atoms with Gasteiger partial charge in [0.1, 0.15) is 0 Å². The van der Waals surface area contributed by atoms with Gasteiger partial charge in [-0.15, -0.1) is 0 Å². The van der Waals surface area contributed by atoms with Crippen LogP contribution in [0.1, 0.15) is 10.5 Å². The fourth-order valence-corrected chi connectivity index (χ4v) is 2.18.